The van der Waals surface area contributed by atoms with E-state index in [2.05, 4.69) is 5.32 Å². The van der Waals surface area contributed by atoms with E-state index in [0.29, 0.717) is 6.54 Å². The Labute approximate surface area is 92.9 Å². The van der Waals surface area contributed by atoms with Gasteiger partial charge in [0.15, 0.2) is 0 Å². The van der Waals surface area contributed by atoms with Crippen molar-refractivity contribution in [3.8, 4) is 0 Å². The molecule has 6 heteroatoms. The molecule has 2 rings (SSSR count). The molecular weight excluding hydrogens is 218 g/mol. The van der Waals surface area contributed by atoms with Crippen molar-refractivity contribution < 1.29 is 18.3 Å². The highest BCUT2D eigenvalue weighted by Gasteiger charge is 2.60. The van der Waals surface area contributed by atoms with Crippen LogP contribution in [0, 0.1) is 0 Å². The normalized spacial score (nSPS) is 31.9. The number of carbonyl (C=O) groups excluding carboxylic acids is 1. The molecule has 0 aliphatic carbocycles. The van der Waals surface area contributed by atoms with Crippen LogP contribution in [0.25, 0.3) is 0 Å². The van der Waals surface area contributed by atoms with Crippen LogP contribution in [0.2, 0.25) is 0 Å². The van der Waals surface area contributed by atoms with Gasteiger partial charge in [-0.1, -0.05) is 0 Å². The van der Waals surface area contributed by atoms with E-state index < -0.39 is 36.2 Å². The number of likely N-dealkylation sites (tertiary alicyclic amines) is 1. The standard InChI is InChI=1S/C10H16F2N2O2/c1-9(2,3)16-8(15)14-5-10(11,12)7-6(14)4-13-7/h6-7,13H,4-5H2,1-3H3/t6-,7-/m1/s1. The second-order valence-electron chi connectivity index (χ2n) is 5.32. The van der Waals surface area contributed by atoms with Crippen molar-refractivity contribution in [2.45, 2.75) is 44.4 Å². The first-order chi connectivity index (χ1) is 7.21. The number of nitrogens with zero attached hydrogens (tertiary/aromatic N) is 1. The summed E-state index contributed by atoms with van der Waals surface area (Å²) in [5.74, 6) is -2.85. The van der Waals surface area contributed by atoms with Crippen molar-refractivity contribution in [1.82, 2.24) is 10.2 Å². The molecule has 0 aromatic rings. The van der Waals surface area contributed by atoms with E-state index in [9.17, 15) is 13.6 Å². The van der Waals surface area contributed by atoms with Gasteiger partial charge in [-0.3, -0.25) is 4.90 Å². The van der Waals surface area contributed by atoms with E-state index in [1.54, 1.807) is 20.8 Å². The zero-order valence-corrected chi connectivity index (χ0v) is 9.59. The molecule has 16 heavy (non-hydrogen) atoms. The van der Waals surface area contributed by atoms with Crippen LogP contribution in [0.1, 0.15) is 20.8 Å². The summed E-state index contributed by atoms with van der Waals surface area (Å²) in [6.07, 6.45) is -0.652. The van der Waals surface area contributed by atoms with E-state index in [1.807, 2.05) is 0 Å². The second-order valence-corrected chi connectivity index (χ2v) is 5.32. The maximum Gasteiger partial charge on any atom is 0.410 e. The first kappa shape index (κ1) is 11.6. The first-order valence-electron chi connectivity index (χ1n) is 5.31. The summed E-state index contributed by atoms with van der Waals surface area (Å²) in [6.45, 7) is 5.02. The molecule has 0 bridgehead atoms. The van der Waals surface area contributed by atoms with Crippen LogP contribution in [0.5, 0.6) is 0 Å². The van der Waals surface area contributed by atoms with Gasteiger partial charge in [0.2, 0.25) is 0 Å². The summed E-state index contributed by atoms with van der Waals surface area (Å²) < 4.78 is 31.8. The van der Waals surface area contributed by atoms with Gasteiger partial charge >= 0.3 is 6.09 Å². The van der Waals surface area contributed by atoms with Gasteiger partial charge in [0.1, 0.15) is 5.60 Å². The van der Waals surface area contributed by atoms with Gasteiger partial charge in [0.25, 0.3) is 5.92 Å². The summed E-state index contributed by atoms with van der Waals surface area (Å²) in [6, 6.07) is -1.33. The quantitative estimate of drug-likeness (QED) is 0.685. The highest BCUT2D eigenvalue weighted by molar-refractivity contribution is 5.70. The van der Waals surface area contributed by atoms with Gasteiger partial charge in [-0.15, -0.1) is 0 Å². The highest BCUT2D eigenvalue weighted by Crippen LogP contribution is 2.37. The van der Waals surface area contributed by atoms with Crippen molar-refractivity contribution >= 4 is 6.09 Å². The molecule has 2 fully saturated rings. The summed E-state index contributed by atoms with van der Waals surface area (Å²) in [5, 5.41) is 2.65. The van der Waals surface area contributed by atoms with E-state index in [1.165, 1.54) is 0 Å². The number of nitrogens with one attached hydrogen (secondary N) is 1. The molecule has 2 atom stereocenters. The molecule has 0 radical (unpaired) electrons. The molecule has 0 aromatic heterocycles. The van der Waals surface area contributed by atoms with E-state index >= 15 is 0 Å². The number of ether oxygens (including phenoxy) is 1. The molecule has 2 heterocycles. The minimum atomic E-state index is -2.85. The lowest BCUT2D eigenvalue weighted by Gasteiger charge is -2.37. The van der Waals surface area contributed by atoms with Gasteiger partial charge in [0, 0.05) is 6.54 Å². The number of fused-ring (bicyclic) bond motifs is 1. The number of carbonyl (C=O) groups is 1. The fourth-order valence-corrected chi connectivity index (χ4v) is 2.03. The van der Waals surface area contributed by atoms with Crippen LogP contribution in [0.3, 0.4) is 0 Å². The molecule has 2 aliphatic heterocycles. The highest BCUT2D eigenvalue weighted by atomic mass is 19.3. The van der Waals surface area contributed by atoms with Crippen LogP contribution in [0.15, 0.2) is 0 Å². The van der Waals surface area contributed by atoms with E-state index in [4.69, 9.17) is 4.74 Å². The monoisotopic (exact) mass is 234 g/mol. The van der Waals surface area contributed by atoms with E-state index in [0.717, 1.165) is 4.90 Å². The van der Waals surface area contributed by atoms with Crippen molar-refractivity contribution in [3.05, 3.63) is 0 Å². The van der Waals surface area contributed by atoms with Crippen molar-refractivity contribution in [1.29, 1.82) is 0 Å². The molecule has 1 amide bonds. The zero-order chi connectivity index (χ0) is 12.1. The minimum absolute atomic E-state index is 0.416. The first-order valence-corrected chi connectivity index (χ1v) is 5.31. The van der Waals surface area contributed by atoms with Crippen molar-refractivity contribution in [2.24, 2.45) is 0 Å². The number of alkyl halides is 2. The lowest BCUT2D eigenvalue weighted by atomic mass is 9.99. The Morgan fingerprint density at radius 3 is 2.50 bits per heavy atom. The molecule has 0 aromatic carbocycles. The number of rotatable bonds is 0. The van der Waals surface area contributed by atoms with E-state index in [-0.39, 0.29) is 0 Å². The third kappa shape index (κ3) is 1.86. The largest absolute Gasteiger partial charge is 0.444 e. The van der Waals surface area contributed by atoms with Crippen molar-refractivity contribution in [2.75, 3.05) is 13.1 Å². The Bertz CT molecular complexity index is 314. The Hall–Kier alpha value is -0.910. The number of hydrogen-bond acceptors (Lipinski definition) is 3. The number of hydrogen-bond donors (Lipinski definition) is 1. The van der Waals surface area contributed by atoms with Crippen LogP contribution >= 0.6 is 0 Å². The second kappa shape index (κ2) is 3.29. The Balaban J connectivity index is 2.04. The summed E-state index contributed by atoms with van der Waals surface area (Å²) in [5.41, 5.74) is -0.651. The van der Waals surface area contributed by atoms with Crippen LogP contribution < -0.4 is 5.32 Å². The molecule has 2 aliphatic rings. The number of halogens is 2. The summed E-state index contributed by atoms with van der Waals surface area (Å²) in [7, 11) is 0. The topological polar surface area (TPSA) is 41.6 Å². The average Bonchev–Trinajstić information content (AvgIpc) is 2.11. The molecule has 1 N–H and O–H groups in total. The molecule has 0 unspecified atom stereocenters. The van der Waals surface area contributed by atoms with Gasteiger partial charge in [-0.25, -0.2) is 13.6 Å². The fraction of sp³-hybridized carbons (Fsp3) is 0.900. The Kier molecular flexibility index (Phi) is 2.38. The Morgan fingerprint density at radius 2 is 2.12 bits per heavy atom. The minimum Gasteiger partial charge on any atom is -0.444 e. The predicted octanol–water partition coefficient (Wildman–Crippen LogP) is 1.21. The SMILES string of the molecule is CC(C)(C)OC(=O)N1CC(F)(F)[C@@H]2NC[C@H]21. The van der Waals surface area contributed by atoms with Crippen LogP contribution in [-0.4, -0.2) is 47.7 Å². The maximum atomic E-state index is 13.4. The van der Waals surface area contributed by atoms with Gasteiger partial charge < -0.3 is 10.1 Å². The van der Waals surface area contributed by atoms with Gasteiger partial charge in [-0.05, 0) is 20.8 Å². The molecule has 2 saturated heterocycles. The molecule has 92 valence electrons. The van der Waals surface area contributed by atoms with Gasteiger partial charge in [0.05, 0.1) is 18.6 Å². The summed E-state index contributed by atoms with van der Waals surface area (Å²) in [4.78, 5) is 12.8. The summed E-state index contributed by atoms with van der Waals surface area (Å²) >= 11 is 0. The lowest BCUT2D eigenvalue weighted by Crippen LogP contribution is -2.64. The third-order valence-corrected chi connectivity index (χ3v) is 2.80. The molecular formula is C10H16F2N2O2. The van der Waals surface area contributed by atoms with Gasteiger partial charge in [-0.2, -0.15) is 0 Å². The van der Waals surface area contributed by atoms with Crippen molar-refractivity contribution in [3.63, 3.8) is 0 Å². The fourth-order valence-electron chi connectivity index (χ4n) is 2.03. The number of amides is 1. The van der Waals surface area contributed by atoms with Crippen LogP contribution in [-0.2, 0) is 4.74 Å². The average molecular weight is 234 g/mol. The predicted molar refractivity (Wildman–Crippen MR) is 53.5 cm³/mol. The molecule has 0 saturated carbocycles. The smallest absolute Gasteiger partial charge is 0.410 e. The Morgan fingerprint density at radius 1 is 1.50 bits per heavy atom. The lowest BCUT2D eigenvalue weighted by molar-refractivity contribution is -0.0237. The molecule has 0 spiro atoms. The zero-order valence-electron chi connectivity index (χ0n) is 9.59. The molecule has 4 nitrogen and oxygen atoms in total. The third-order valence-electron chi connectivity index (χ3n) is 2.80. The maximum absolute atomic E-state index is 13.4. The van der Waals surface area contributed by atoms with Crippen LogP contribution in [0.4, 0.5) is 13.6 Å².